The van der Waals surface area contributed by atoms with Crippen molar-refractivity contribution in [1.29, 1.82) is 0 Å². The first-order valence-electron chi connectivity index (χ1n) is 4.60. The van der Waals surface area contributed by atoms with Crippen LogP contribution in [0.1, 0.15) is 17.5 Å². The molecule has 0 atom stereocenters. The van der Waals surface area contributed by atoms with Crippen molar-refractivity contribution in [3.63, 3.8) is 0 Å². The zero-order valence-electron chi connectivity index (χ0n) is 8.71. The normalized spacial score (nSPS) is 10.1. The first kappa shape index (κ1) is 12.0. The summed E-state index contributed by atoms with van der Waals surface area (Å²) in [7, 11) is 1.59. The number of carboxylic acids is 1. The number of benzene rings is 1. The Morgan fingerprint density at radius 3 is 2.73 bits per heavy atom. The molecule has 0 bridgehead atoms. The summed E-state index contributed by atoms with van der Waals surface area (Å²) in [5, 5.41) is 8.65. The summed E-state index contributed by atoms with van der Waals surface area (Å²) in [6, 6.07) is 3.85. The summed E-state index contributed by atoms with van der Waals surface area (Å²) >= 11 is 3.38. The van der Waals surface area contributed by atoms with Gasteiger partial charge in [0.1, 0.15) is 5.75 Å². The van der Waals surface area contributed by atoms with E-state index in [0.29, 0.717) is 6.42 Å². The van der Waals surface area contributed by atoms with Crippen molar-refractivity contribution in [2.24, 2.45) is 0 Å². The van der Waals surface area contributed by atoms with Gasteiger partial charge in [0.2, 0.25) is 0 Å². The average Bonchev–Trinajstić information content (AvgIpc) is 2.19. The maximum atomic E-state index is 10.5. The maximum Gasteiger partial charge on any atom is 0.303 e. The van der Waals surface area contributed by atoms with E-state index in [1.807, 2.05) is 19.1 Å². The number of ether oxygens (including phenoxy) is 1. The van der Waals surface area contributed by atoms with E-state index in [0.717, 1.165) is 21.3 Å². The van der Waals surface area contributed by atoms with Crippen LogP contribution < -0.4 is 4.74 Å². The molecule has 0 aliphatic heterocycles. The number of aryl methyl sites for hydroxylation is 1. The van der Waals surface area contributed by atoms with E-state index in [2.05, 4.69) is 15.9 Å². The number of carbonyl (C=O) groups is 1. The van der Waals surface area contributed by atoms with Gasteiger partial charge in [-0.3, -0.25) is 4.79 Å². The van der Waals surface area contributed by atoms with E-state index in [1.54, 1.807) is 7.11 Å². The molecule has 1 N–H and O–H groups in total. The summed E-state index contributed by atoms with van der Waals surface area (Å²) in [6.45, 7) is 1.95. The van der Waals surface area contributed by atoms with Gasteiger partial charge in [0.05, 0.1) is 11.6 Å². The Morgan fingerprint density at radius 2 is 2.20 bits per heavy atom. The standard InChI is InChI=1S/C11H13BrO3/c1-7-3-5-9(12)11(15-2)8(7)4-6-10(13)14/h3,5H,4,6H2,1-2H3,(H,13,14). The molecule has 0 aliphatic carbocycles. The van der Waals surface area contributed by atoms with Crippen LogP contribution in [0.3, 0.4) is 0 Å². The van der Waals surface area contributed by atoms with Crippen molar-refractivity contribution < 1.29 is 14.6 Å². The Labute approximate surface area is 97.2 Å². The van der Waals surface area contributed by atoms with Crippen molar-refractivity contribution in [2.45, 2.75) is 19.8 Å². The van der Waals surface area contributed by atoms with Crippen molar-refractivity contribution in [2.75, 3.05) is 7.11 Å². The zero-order valence-corrected chi connectivity index (χ0v) is 10.3. The van der Waals surface area contributed by atoms with Crippen LogP contribution in [0.5, 0.6) is 5.75 Å². The average molecular weight is 273 g/mol. The molecule has 0 saturated heterocycles. The topological polar surface area (TPSA) is 46.5 Å². The molecule has 1 rings (SSSR count). The van der Waals surface area contributed by atoms with Gasteiger partial charge in [-0.1, -0.05) is 6.07 Å². The molecule has 0 heterocycles. The van der Waals surface area contributed by atoms with Crippen LogP contribution >= 0.6 is 15.9 Å². The molecule has 1 aromatic carbocycles. The highest BCUT2D eigenvalue weighted by Crippen LogP contribution is 2.32. The van der Waals surface area contributed by atoms with Crippen LogP contribution in [0.2, 0.25) is 0 Å². The molecule has 0 saturated carbocycles. The third-order valence-electron chi connectivity index (χ3n) is 2.24. The summed E-state index contributed by atoms with van der Waals surface area (Å²) in [6.07, 6.45) is 0.609. The van der Waals surface area contributed by atoms with E-state index < -0.39 is 5.97 Å². The molecule has 3 nitrogen and oxygen atoms in total. The molecular formula is C11H13BrO3. The van der Waals surface area contributed by atoms with Gasteiger partial charge in [-0.15, -0.1) is 0 Å². The quantitative estimate of drug-likeness (QED) is 0.917. The number of aliphatic carboxylic acids is 1. The molecule has 15 heavy (non-hydrogen) atoms. The first-order valence-corrected chi connectivity index (χ1v) is 5.39. The van der Waals surface area contributed by atoms with Gasteiger partial charge in [-0.05, 0) is 46.5 Å². The van der Waals surface area contributed by atoms with Gasteiger partial charge < -0.3 is 9.84 Å². The second-order valence-electron chi connectivity index (χ2n) is 3.27. The van der Waals surface area contributed by atoms with Gasteiger partial charge >= 0.3 is 5.97 Å². The zero-order chi connectivity index (χ0) is 11.4. The lowest BCUT2D eigenvalue weighted by Crippen LogP contribution is -2.01. The number of methoxy groups -OCH3 is 1. The first-order chi connectivity index (χ1) is 7.06. The highest BCUT2D eigenvalue weighted by molar-refractivity contribution is 9.10. The monoisotopic (exact) mass is 272 g/mol. The molecule has 0 aliphatic rings. The van der Waals surface area contributed by atoms with E-state index in [-0.39, 0.29) is 6.42 Å². The predicted octanol–water partition coefficient (Wildman–Crippen LogP) is 2.78. The Bertz CT molecular complexity index is 374. The van der Waals surface area contributed by atoms with Crippen LogP contribution in [0.15, 0.2) is 16.6 Å². The fourth-order valence-electron chi connectivity index (χ4n) is 1.46. The van der Waals surface area contributed by atoms with E-state index >= 15 is 0 Å². The second kappa shape index (κ2) is 5.16. The van der Waals surface area contributed by atoms with Crippen LogP contribution in [0.4, 0.5) is 0 Å². The van der Waals surface area contributed by atoms with Gasteiger partial charge in [-0.25, -0.2) is 0 Å². The SMILES string of the molecule is COc1c(Br)ccc(C)c1CCC(=O)O. The van der Waals surface area contributed by atoms with Crippen molar-refractivity contribution in [3.8, 4) is 5.75 Å². The summed E-state index contributed by atoms with van der Waals surface area (Å²) in [5.74, 6) is -0.0623. The van der Waals surface area contributed by atoms with Crippen molar-refractivity contribution >= 4 is 21.9 Å². The molecular weight excluding hydrogens is 260 g/mol. The number of rotatable bonds is 4. The Hall–Kier alpha value is -1.03. The molecule has 0 fully saturated rings. The third kappa shape index (κ3) is 2.96. The van der Waals surface area contributed by atoms with E-state index in [9.17, 15) is 4.79 Å². The number of halogens is 1. The largest absolute Gasteiger partial charge is 0.495 e. The highest BCUT2D eigenvalue weighted by Gasteiger charge is 2.11. The Kier molecular flexibility index (Phi) is 4.15. The molecule has 4 heteroatoms. The molecule has 0 aromatic heterocycles. The van der Waals surface area contributed by atoms with E-state index in [4.69, 9.17) is 9.84 Å². The molecule has 0 spiro atoms. The predicted molar refractivity (Wildman–Crippen MR) is 61.4 cm³/mol. The van der Waals surface area contributed by atoms with Gasteiger partial charge in [0.15, 0.2) is 0 Å². The molecule has 1 aromatic rings. The summed E-state index contributed by atoms with van der Waals surface area (Å²) < 4.78 is 6.11. The number of carboxylic acid groups (broad SMARTS) is 1. The minimum absolute atomic E-state index is 0.119. The minimum Gasteiger partial charge on any atom is -0.495 e. The third-order valence-corrected chi connectivity index (χ3v) is 2.86. The number of hydrogen-bond donors (Lipinski definition) is 1. The van der Waals surface area contributed by atoms with Crippen LogP contribution in [-0.4, -0.2) is 18.2 Å². The van der Waals surface area contributed by atoms with Gasteiger partial charge in [0, 0.05) is 6.42 Å². The molecule has 0 amide bonds. The van der Waals surface area contributed by atoms with Crippen LogP contribution in [0, 0.1) is 6.92 Å². The van der Waals surface area contributed by atoms with Crippen LogP contribution in [-0.2, 0) is 11.2 Å². The minimum atomic E-state index is -0.795. The van der Waals surface area contributed by atoms with Crippen LogP contribution in [0.25, 0.3) is 0 Å². The Balaban J connectivity index is 3.02. The molecule has 0 radical (unpaired) electrons. The maximum absolute atomic E-state index is 10.5. The Morgan fingerprint density at radius 1 is 1.53 bits per heavy atom. The molecule has 82 valence electrons. The summed E-state index contributed by atoms with van der Waals surface area (Å²) in [4.78, 5) is 10.5. The lowest BCUT2D eigenvalue weighted by Gasteiger charge is -2.12. The van der Waals surface area contributed by atoms with Crippen molar-refractivity contribution in [3.05, 3.63) is 27.7 Å². The smallest absolute Gasteiger partial charge is 0.303 e. The van der Waals surface area contributed by atoms with Gasteiger partial charge in [-0.2, -0.15) is 0 Å². The lowest BCUT2D eigenvalue weighted by molar-refractivity contribution is -0.136. The second-order valence-corrected chi connectivity index (χ2v) is 4.12. The fraction of sp³-hybridized carbons (Fsp3) is 0.364. The van der Waals surface area contributed by atoms with Gasteiger partial charge in [0.25, 0.3) is 0 Å². The highest BCUT2D eigenvalue weighted by atomic mass is 79.9. The summed E-state index contributed by atoms with van der Waals surface area (Å²) in [5.41, 5.74) is 2.01. The number of hydrogen-bond acceptors (Lipinski definition) is 2. The van der Waals surface area contributed by atoms with E-state index in [1.165, 1.54) is 0 Å². The molecule has 0 unspecified atom stereocenters. The van der Waals surface area contributed by atoms with Crippen molar-refractivity contribution in [1.82, 2.24) is 0 Å². The lowest BCUT2D eigenvalue weighted by atomic mass is 10.0. The fourth-order valence-corrected chi connectivity index (χ4v) is 1.99.